The van der Waals surface area contributed by atoms with Crippen LogP contribution in [0.3, 0.4) is 0 Å². The first-order valence-electron chi connectivity index (χ1n) is 10.1. The summed E-state index contributed by atoms with van der Waals surface area (Å²) in [4.78, 5) is 38.0. The smallest absolute Gasteiger partial charge is 0.328 e. The fourth-order valence-electron chi connectivity index (χ4n) is 2.88. The Labute approximate surface area is 183 Å². The van der Waals surface area contributed by atoms with Crippen LogP contribution in [0.5, 0.6) is 0 Å². The molecule has 162 valence electrons. The first-order valence-corrected chi connectivity index (χ1v) is 10.1. The van der Waals surface area contributed by atoms with Crippen molar-refractivity contribution in [3.8, 4) is 11.8 Å². The minimum Gasteiger partial charge on any atom is -0.467 e. The summed E-state index contributed by atoms with van der Waals surface area (Å²) in [5.74, 6) is 5.27. The van der Waals surface area contributed by atoms with Gasteiger partial charge in [0.2, 0.25) is 5.91 Å². The number of ether oxygens (including phenoxy) is 1. The maximum atomic E-state index is 12.7. The molecular formula is C25H28N2O4. The third-order valence-electron chi connectivity index (χ3n) is 4.62. The summed E-state index contributed by atoms with van der Waals surface area (Å²) in [6.07, 6.45) is 2.08. The number of hydrogen-bond donors (Lipinski definition) is 1. The normalized spacial score (nSPS) is 10.9. The van der Waals surface area contributed by atoms with Crippen molar-refractivity contribution in [2.24, 2.45) is 0 Å². The largest absolute Gasteiger partial charge is 0.467 e. The predicted molar refractivity (Wildman–Crippen MR) is 119 cm³/mol. The van der Waals surface area contributed by atoms with Crippen LogP contribution >= 0.6 is 0 Å². The minimum atomic E-state index is -0.788. The molecule has 0 unspecified atom stereocenters. The van der Waals surface area contributed by atoms with Crippen molar-refractivity contribution < 1.29 is 19.1 Å². The molecular weight excluding hydrogens is 392 g/mol. The maximum absolute atomic E-state index is 12.7. The van der Waals surface area contributed by atoms with Crippen LogP contribution in [-0.4, -0.2) is 49.9 Å². The molecule has 0 aliphatic rings. The molecule has 2 aromatic carbocycles. The lowest BCUT2D eigenvalue weighted by Gasteiger charge is -2.16. The summed E-state index contributed by atoms with van der Waals surface area (Å²) >= 11 is 0. The quantitative estimate of drug-likeness (QED) is 0.405. The molecule has 2 rings (SSSR count). The van der Waals surface area contributed by atoms with Gasteiger partial charge >= 0.3 is 5.97 Å². The number of amides is 2. The van der Waals surface area contributed by atoms with Crippen LogP contribution in [0, 0.1) is 11.8 Å². The number of nitrogens with one attached hydrogen (secondary N) is 1. The highest BCUT2D eigenvalue weighted by molar-refractivity contribution is 5.97. The van der Waals surface area contributed by atoms with Gasteiger partial charge in [-0.25, -0.2) is 4.79 Å². The van der Waals surface area contributed by atoms with Gasteiger partial charge in [-0.05, 0) is 30.2 Å². The van der Waals surface area contributed by atoms with Crippen LogP contribution in [0.15, 0.2) is 54.6 Å². The Bertz CT molecular complexity index is 958. The van der Waals surface area contributed by atoms with E-state index in [9.17, 15) is 14.4 Å². The lowest BCUT2D eigenvalue weighted by Crippen LogP contribution is -2.43. The van der Waals surface area contributed by atoms with E-state index in [-0.39, 0.29) is 11.8 Å². The average molecular weight is 421 g/mol. The predicted octanol–water partition coefficient (Wildman–Crippen LogP) is 2.81. The Morgan fingerprint density at radius 2 is 1.81 bits per heavy atom. The van der Waals surface area contributed by atoms with Crippen molar-refractivity contribution in [1.29, 1.82) is 0 Å². The second kappa shape index (κ2) is 12.2. The first-order chi connectivity index (χ1) is 14.9. The minimum absolute atomic E-state index is 0.0798. The molecule has 0 aliphatic carbocycles. The molecule has 2 amide bonds. The molecule has 0 heterocycles. The molecule has 0 saturated heterocycles. The number of carbonyl (C=O) groups is 3. The lowest BCUT2D eigenvalue weighted by atomic mass is 10.0. The van der Waals surface area contributed by atoms with Crippen molar-refractivity contribution in [3.05, 3.63) is 71.3 Å². The van der Waals surface area contributed by atoms with Crippen LogP contribution in [-0.2, 0) is 20.7 Å². The average Bonchev–Trinajstić information content (AvgIpc) is 2.78. The van der Waals surface area contributed by atoms with E-state index in [4.69, 9.17) is 4.74 Å². The molecule has 6 heteroatoms. The molecule has 1 atom stereocenters. The number of benzene rings is 2. The molecule has 0 spiro atoms. The summed E-state index contributed by atoms with van der Waals surface area (Å²) in [6.45, 7) is 0. The van der Waals surface area contributed by atoms with Gasteiger partial charge in [0.05, 0.1) is 7.11 Å². The molecule has 0 saturated carbocycles. The SMILES string of the molecule is COC(=O)[C@@H](Cc1ccccc1)NC(=O)c1cccc(C#CCCCC(=O)N(C)C)c1. The molecule has 0 aromatic heterocycles. The molecule has 0 aliphatic heterocycles. The fourth-order valence-corrected chi connectivity index (χ4v) is 2.88. The number of nitrogens with zero attached hydrogens (tertiary/aromatic N) is 1. The zero-order chi connectivity index (χ0) is 22.6. The topological polar surface area (TPSA) is 75.7 Å². The van der Waals surface area contributed by atoms with E-state index in [0.29, 0.717) is 36.8 Å². The van der Waals surface area contributed by atoms with Gasteiger partial charge < -0.3 is 15.0 Å². The Kier molecular flexibility index (Phi) is 9.31. The van der Waals surface area contributed by atoms with Crippen LogP contribution in [0.2, 0.25) is 0 Å². The number of carbonyl (C=O) groups excluding carboxylic acids is 3. The van der Waals surface area contributed by atoms with Gasteiger partial charge in [0.15, 0.2) is 0 Å². The van der Waals surface area contributed by atoms with Crippen molar-refractivity contribution >= 4 is 17.8 Å². The van der Waals surface area contributed by atoms with Crippen molar-refractivity contribution in [1.82, 2.24) is 10.2 Å². The highest BCUT2D eigenvalue weighted by atomic mass is 16.5. The van der Waals surface area contributed by atoms with E-state index in [1.54, 1.807) is 37.2 Å². The standard InChI is InChI=1S/C25H28N2O4/c1-27(2)23(28)16-9-5-8-11-19-14-10-15-21(17-19)24(29)26-22(25(30)31-3)18-20-12-6-4-7-13-20/h4,6-7,10,12-15,17,22H,5,9,16,18H2,1-3H3,(H,26,29)/t22-/m1/s1. The monoisotopic (exact) mass is 420 g/mol. The molecule has 0 fully saturated rings. The van der Waals surface area contributed by atoms with Crippen LogP contribution < -0.4 is 5.32 Å². The third kappa shape index (κ3) is 7.98. The highest BCUT2D eigenvalue weighted by Crippen LogP contribution is 2.08. The Morgan fingerprint density at radius 1 is 1.06 bits per heavy atom. The zero-order valence-electron chi connectivity index (χ0n) is 18.2. The molecule has 2 aromatic rings. The molecule has 1 N–H and O–H groups in total. The van der Waals surface area contributed by atoms with E-state index in [2.05, 4.69) is 17.2 Å². The third-order valence-corrected chi connectivity index (χ3v) is 4.62. The second-order valence-corrected chi connectivity index (χ2v) is 7.26. The van der Waals surface area contributed by atoms with Crippen LogP contribution in [0.4, 0.5) is 0 Å². The first kappa shape index (κ1) is 23.7. The highest BCUT2D eigenvalue weighted by Gasteiger charge is 2.22. The second-order valence-electron chi connectivity index (χ2n) is 7.26. The van der Waals surface area contributed by atoms with Gasteiger partial charge in [0.25, 0.3) is 5.91 Å². The Balaban J connectivity index is 2.00. The van der Waals surface area contributed by atoms with Crippen molar-refractivity contribution in [2.75, 3.05) is 21.2 Å². The maximum Gasteiger partial charge on any atom is 0.328 e. The zero-order valence-corrected chi connectivity index (χ0v) is 18.2. The Morgan fingerprint density at radius 3 is 2.48 bits per heavy atom. The number of hydrogen-bond acceptors (Lipinski definition) is 4. The number of methoxy groups -OCH3 is 1. The Hall–Kier alpha value is -3.59. The van der Waals surface area contributed by atoms with Crippen LogP contribution in [0.25, 0.3) is 0 Å². The van der Waals surface area contributed by atoms with Gasteiger partial charge in [-0.15, -0.1) is 0 Å². The van der Waals surface area contributed by atoms with Crippen molar-refractivity contribution in [2.45, 2.75) is 31.7 Å². The summed E-state index contributed by atoms with van der Waals surface area (Å²) in [5.41, 5.74) is 2.03. The summed E-state index contributed by atoms with van der Waals surface area (Å²) in [6, 6.07) is 15.6. The summed E-state index contributed by atoms with van der Waals surface area (Å²) in [5, 5.41) is 2.76. The van der Waals surface area contributed by atoms with Crippen LogP contribution in [0.1, 0.15) is 40.7 Å². The molecule has 0 bridgehead atoms. The number of rotatable bonds is 8. The number of esters is 1. The van der Waals surface area contributed by atoms with Gasteiger partial charge in [-0.3, -0.25) is 9.59 Å². The number of unbranched alkanes of at least 4 members (excludes halogenated alkanes) is 1. The van der Waals surface area contributed by atoms with E-state index in [1.807, 2.05) is 36.4 Å². The molecule has 31 heavy (non-hydrogen) atoms. The molecule has 0 radical (unpaired) electrons. The summed E-state index contributed by atoms with van der Waals surface area (Å²) in [7, 11) is 4.76. The van der Waals surface area contributed by atoms with Gasteiger partial charge in [-0.2, -0.15) is 0 Å². The molecule has 6 nitrogen and oxygen atoms in total. The lowest BCUT2D eigenvalue weighted by molar-refractivity contribution is -0.142. The van der Waals surface area contributed by atoms with Gasteiger partial charge in [0.1, 0.15) is 6.04 Å². The van der Waals surface area contributed by atoms with E-state index >= 15 is 0 Å². The van der Waals surface area contributed by atoms with Gasteiger partial charge in [0, 0.05) is 44.5 Å². The van der Waals surface area contributed by atoms with E-state index < -0.39 is 12.0 Å². The van der Waals surface area contributed by atoms with E-state index in [0.717, 1.165) is 5.56 Å². The van der Waals surface area contributed by atoms with Gasteiger partial charge in [-0.1, -0.05) is 48.2 Å². The van der Waals surface area contributed by atoms with E-state index in [1.165, 1.54) is 7.11 Å². The van der Waals surface area contributed by atoms with Crippen molar-refractivity contribution in [3.63, 3.8) is 0 Å². The fraction of sp³-hybridized carbons (Fsp3) is 0.320. The summed E-state index contributed by atoms with van der Waals surface area (Å²) < 4.78 is 4.85.